The van der Waals surface area contributed by atoms with Gasteiger partial charge in [0.05, 0.1) is 23.6 Å². The molecule has 168 valence electrons. The van der Waals surface area contributed by atoms with Crippen LogP contribution in [0, 0.1) is 11.8 Å². The summed E-state index contributed by atoms with van der Waals surface area (Å²) in [7, 11) is 0. The van der Waals surface area contributed by atoms with E-state index in [2.05, 4.69) is 31.9 Å². The molecule has 3 aromatic rings. The molecule has 1 spiro atoms. The van der Waals surface area contributed by atoms with Gasteiger partial charge in [-0.25, -0.2) is 4.90 Å². The largest absolute Gasteiger partial charge is 0.349 e. The lowest BCUT2D eigenvalue weighted by Crippen LogP contribution is -2.51. The molecule has 0 saturated carbocycles. The minimum Gasteiger partial charge on any atom is -0.349 e. The number of para-hydroxylation sites is 1. The maximum atomic E-state index is 13.9. The minimum atomic E-state index is -2.07. The molecule has 8 heteroatoms. The van der Waals surface area contributed by atoms with Crippen molar-refractivity contribution in [2.24, 2.45) is 11.8 Å². The van der Waals surface area contributed by atoms with Gasteiger partial charge >= 0.3 is 0 Å². The van der Waals surface area contributed by atoms with Crippen LogP contribution in [0.15, 0.2) is 81.7 Å². The number of hydrogen-bond donors (Lipinski definition) is 0. The van der Waals surface area contributed by atoms with Crippen molar-refractivity contribution >= 4 is 60.9 Å². The Balaban J connectivity index is 1.56. The topological polar surface area (TPSA) is 80.8 Å². The summed E-state index contributed by atoms with van der Waals surface area (Å²) in [5.74, 6) is -4.55. The number of ether oxygens (including phenoxy) is 1. The maximum Gasteiger partial charge on any atom is 0.241 e. The van der Waals surface area contributed by atoms with E-state index in [-0.39, 0.29) is 11.1 Å². The zero-order valence-electron chi connectivity index (χ0n) is 17.4. The summed E-state index contributed by atoms with van der Waals surface area (Å²) >= 11 is 6.81. The molecule has 0 radical (unpaired) electrons. The second-order valence-corrected chi connectivity index (χ2v) is 10.3. The van der Waals surface area contributed by atoms with E-state index in [1.165, 1.54) is 0 Å². The first-order chi connectivity index (χ1) is 16.4. The van der Waals surface area contributed by atoms with Crippen molar-refractivity contribution in [2.75, 3.05) is 4.90 Å². The Bertz CT molecular complexity index is 1380. The Morgan fingerprint density at radius 3 is 1.94 bits per heavy atom. The fraction of sp³-hybridized carbons (Fsp3) is 0.154. The first-order valence-corrected chi connectivity index (χ1v) is 12.2. The molecule has 0 unspecified atom stereocenters. The average Bonchev–Trinajstić information content (AvgIpc) is 3.40. The number of hydrogen-bond acceptors (Lipinski definition) is 5. The molecule has 2 fully saturated rings. The Labute approximate surface area is 211 Å². The van der Waals surface area contributed by atoms with E-state index in [0.29, 0.717) is 15.7 Å². The van der Waals surface area contributed by atoms with Gasteiger partial charge in [0.1, 0.15) is 0 Å². The monoisotopic (exact) mass is 579 g/mol. The Kier molecular flexibility index (Phi) is 4.78. The van der Waals surface area contributed by atoms with Gasteiger partial charge in [0.15, 0.2) is 0 Å². The molecular formula is C26H15Br2NO5. The number of carbonyl (C=O) groups is 4. The van der Waals surface area contributed by atoms with E-state index >= 15 is 0 Å². The lowest BCUT2D eigenvalue weighted by molar-refractivity contribution is -0.127. The van der Waals surface area contributed by atoms with Gasteiger partial charge in [-0.05, 0) is 45.8 Å². The van der Waals surface area contributed by atoms with Crippen molar-refractivity contribution in [2.45, 2.75) is 11.7 Å². The number of Topliss-reactive ketones (excluding diaryl/α,β-unsaturated/α-hetero) is 2. The van der Waals surface area contributed by atoms with Gasteiger partial charge < -0.3 is 4.74 Å². The lowest BCUT2D eigenvalue weighted by atomic mass is 9.77. The van der Waals surface area contributed by atoms with Crippen molar-refractivity contribution in [3.05, 3.63) is 98.4 Å². The van der Waals surface area contributed by atoms with Crippen molar-refractivity contribution in [1.29, 1.82) is 0 Å². The van der Waals surface area contributed by atoms with Gasteiger partial charge in [0, 0.05) is 20.1 Å². The van der Waals surface area contributed by atoms with Crippen molar-refractivity contribution in [1.82, 2.24) is 0 Å². The normalized spacial score (nSPS) is 24.8. The predicted octanol–water partition coefficient (Wildman–Crippen LogP) is 4.91. The highest BCUT2D eigenvalue weighted by Crippen LogP contribution is 2.58. The van der Waals surface area contributed by atoms with Gasteiger partial charge in [-0.3, -0.25) is 19.2 Å². The molecule has 3 aliphatic rings. The summed E-state index contributed by atoms with van der Waals surface area (Å²) in [5.41, 5.74) is -0.673. The molecule has 2 aliphatic heterocycles. The van der Waals surface area contributed by atoms with E-state index in [1.54, 1.807) is 72.8 Å². The molecule has 0 bridgehead atoms. The first-order valence-electron chi connectivity index (χ1n) is 10.6. The third-order valence-corrected chi connectivity index (χ3v) is 8.01. The van der Waals surface area contributed by atoms with E-state index in [0.717, 1.165) is 9.37 Å². The summed E-state index contributed by atoms with van der Waals surface area (Å²) in [6.45, 7) is 0. The molecule has 6 rings (SSSR count). The molecule has 2 heterocycles. The summed E-state index contributed by atoms with van der Waals surface area (Å²) in [6.07, 6.45) is -0.941. The van der Waals surface area contributed by atoms with Gasteiger partial charge in [0.2, 0.25) is 29.0 Å². The van der Waals surface area contributed by atoms with Crippen molar-refractivity contribution in [3.8, 4) is 0 Å². The van der Waals surface area contributed by atoms with Crippen molar-refractivity contribution < 1.29 is 23.9 Å². The average molecular weight is 581 g/mol. The number of halogens is 2. The van der Waals surface area contributed by atoms with Gasteiger partial charge in [-0.2, -0.15) is 0 Å². The molecule has 34 heavy (non-hydrogen) atoms. The van der Waals surface area contributed by atoms with Crippen LogP contribution in [0.1, 0.15) is 32.4 Å². The van der Waals surface area contributed by atoms with Gasteiger partial charge in [0.25, 0.3) is 0 Å². The van der Waals surface area contributed by atoms with Gasteiger partial charge in [-0.15, -0.1) is 0 Å². The summed E-state index contributed by atoms with van der Waals surface area (Å²) < 4.78 is 7.65. The number of carbonyl (C=O) groups excluding carboxylic acids is 4. The Morgan fingerprint density at radius 2 is 1.32 bits per heavy atom. The number of anilines is 1. The zero-order chi connectivity index (χ0) is 23.8. The summed E-state index contributed by atoms with van der Waals surface area (Å²) in [5, 5.41) is 0. The van der Waals surface area contributed by atoms with E-state index < -0.39 is 46.9 Å². The second kappa shape index (κ2) is 7.53. The van der Waals surface area contributed by atoms with Crippen LogP contribution in [0.3, 0.4) is 0 Å². The van der Waals surface area contributed by atoms with Crippen LogP contribution in [-0.4, -0.2) is 29.0 Å². The molecule has 1 aliphatic carbocycles. The number of fused-ring (bicyclic) bond motifs is 3. The molecule has 3 aromatic carbocycles. The second-order valence-electron chi connectivity index (χ2n) is 8.50. The smallest absolute Gasteiger partial charge is 0.241 e. The molecular weight excluding hydrogens is 566 g/mol. The summed E-state index contributed by atoms with van der Waals surface area (Å²) in [4.78, 5) is 56.2. The number of ketones is 2. The van der Waals surface area contributed by atoms with Crippen LogP contribution in [0.4, 0.5) is 5.69 Å². The molecule has 2 amide bonds. The van der Waals surface area contributed by atoms with Crippen molar-refractivity contribution in [3.63, 3.8) is 0 Å². The predicted molar refractivity (Wildman–Crippen MR) is 129 cm³/mol. The van der Waals surface area contributed by atoms with Crippen LogP contribution < -0.4 is 4.90 Å². The first kappa shape index (κ1) is 21.6. The highest BCUT2D eigenvalue weighted by molar-refractivity contribution is 9.10. The number of nitrogens with zero attached hydrogens (tertiary/aromatic N) is 1. The molecule has 0 N–H and O–H groups in total. The highest BCUT2D eigenvalue weighted by Gasteiger charge is 2.74. The molecule has 2 saturated heterocycles. The van der Waals surface area contributed by atoms with Gasteiger partial charge in [-0.1, -0.05) is 64.5 Å². The third kappa shape index (κ3) is 2.70. The lowest BCUT2D eigenvalue weighted by Gasteiger charge is -2.27. The van der Waals surface area contributed by atoms with Crippen LogP contribution in [-0.2, 0) is 14.3 Å². The fourth-order valence-corrected chi connectivity index (χ4v) is 6.07. The van der Waals surface area contributed by atoms with E-state index in [4.69, 9.17) is 4.74 Å². The van der Waals surface area contributed by atoms with E-state index in [1.807, 2.05) is 0 Å². The van der Waals surface area contributed by atoms with Crippen LogP contribution in [0.2, 0.25) is 0 Å². The minimum absolute atomic E-state index is 0.210. The third-order valence-electron chi connectivity index (χ3n) is 6.81. The SMILES string of the molecule is O=C1[C@@H]2[C@@H](c3ccc(Br)cc3)OC3(C(=O)c4ccccc4C3=O)[C@@H]2C(=O)N1c1ccccc1Br. The number of imide groups is 1. The Hall–Kier alpha value is -2.94. The molecule has 6 nitrogen and oxygen atoms in total. The van der Waals surface area contributed by atoms with Crippen LogP contribution in [0.5, 0.6) is 0 Å². The number of amides is 2. The number of benzene rings is 3. The summed E-state index contributed by atoms with van der Waals surface area (Å²) in [6, 6.07) is 20.4. The zero-order valence-corrected chi connectivity index (χ0v) is 20.6. The van der Waals surface area contributed by atoms with Crippen LogP contribution in [0.25, 0.3) is 0 Å². The van der Waals surface area contributed by atoms with Crippen LogP contribution >= 0.6 is 31.9 Å². The quantitative estimate of drug-likeness (QED) is 0.318. The molecule has 0 aromatic heterocycles. The van der Waals surface area contributed by atoms with E-state index in [9.17, 15) is 19.2 Å². The number of rotatable bonds is 2. The fourth-order valence-electron chi connectivity index (χ4n) is 5.34. The highest BCUT2D eigenvalue weighted by atomic mass is 79.9. The maximum absolute atomic E-state index is 13.9. The molecule has 3 atom stereocenters. The standard InChI is InChI=1S/C26H15Br2NO5/c27-14-11-9-13(10-12-14)21-19-20(25(33)29(24(19)32)18-8-4-3-7-17(18)28)26(34-21)22(30)15-5-1-2-6-16(15)23(26)31/h1-12,19-21H/t19-,20-,21+/m0/s1. The Morgan fingerprint density at radius 1 is 0.735 bits per heavy atom.